The minimum absolute atomic E-state index is 0.0608. The Bertz CT molecular complexity index is 631. The highest BCUT2D eigenvalue weighted by molar-refractivity contribution is 7.92. The first kappa shape index (κ1) is 16.5. The summed E-state index contributed by atoms with van der Waals surface area (Å²) in [6.45, 7) is 0.659. The molecule has 1 aromatic carbocycles. The molecule has 0 fully saturated rings. The fourth-order valence-electron chi connectivity index (χ4n) is 1.83. The second-order valence-electron chi connectivity index (χ2n) is 4.55. The lowest BCUT2D eigenvalue weighted by molar-refractivity contribution is -0.118. The van der Waals surface area contributed by atoms with Crippen LogP contribution in [0.25, 0.3) is 0 Å². The third-order valence-electron chi connectivity index (χ3n) is 2.83. The average Bonchev–Trinajstić information content (AvgIpc) is 2.46. The Morgan fingerprint density at radius 1 is 1.32 bits per heavy atom. The quantitative estimate of drug-likeness (QED) is 0.670. The zero-order valence-electron chi connectivity index (χ0n) is 12.1. The third kappa shape index (κ3) is 4.58. The van der Waals surface area contributed by atoms with Crippen molar-refractivity contribution in [1.29, 1.82) is 0 Å². The molecule has 122 valence electrons. The second kappa shape index (κ2) is 7.43. The maximum absolute atomic E-state index is 12.0. The van der Waals surface area contributed by atoms with Gasteiger partial charge in [0.1, 0.15) is 0 Å². The molecule has 1 aliphatic heterocycles. The number of sulfonamides is 1. The molecule has 0 aromatic heterocycles. The van der Waals surface area contributed by atoms with E-state index in [0.717, 1.165) is 0 Å². The van der Waals surface area contributed by atoms with Gasteiger partial charge in [0.15, 0.2) is 12.4 Å². The van der Waals surface area contributed by atoms with Crippen LogP contribution in [0.4, 0.5) is 11.4 Å². The van der Waals surface area contributed by atoms with Gasteiger partial charge in [-0.3, -0.25) is 9.52 Å². The van der Waals surface area contributed by atoms with E-state index in [2.05, 4.69) is 10.0 Å². The zero-order valence-corrected chi connectivity index (χ0v) is 12.9. The van der Waals surface area contributed by atoms with Gasteiger partial charge in [-0.1, -0.05) is 6.07 Å². The Kier molecular flexibility index (Phi) is 5.58. The SMILES string of the molecule is COCCOCCS(=O)(=O)Nc1cccc2c1OCC(=O)N2. The smallest absolute Gasteiger partial charge is 0.262 e. The summed E-state index contributed by atoms with van der Waals surface area (Å²) in [7, 11) is -2.04. The van der Waals surface area contributed by atoms with Crippen molar-refractivity contribution in [2.45, 2.75) is 0 Å². The van der Waals surface area contributed by atoms with Crippen molar-refractivity contribution in [2.75, 3.05) is 49.3 Å². The topological polar surface area (TPSA) is 103 Å². The molecule has 0 radical (unpaired) electrons. The van der Waals surface area contributed by atoms with E-state index >= 15 is 0 Å². The van der Waals surface area contributed by atoms with E-state index in [9.17, 15) is 13.2 Å². The summed E-state index contributed by atoms with van der Waals surface area (Å²) in [4.78, 5) is 11.2. The first-order valence-electron chi connectivity index (χ1n) is 6.64. The van der Waals surface area contributed by atoms with Crippen molar-refractivity contribution in [3.05, 3.63) is 18.2 Å². The van der Waals surface area contributed by atoms with Crippen LogP contribution in [0.1, 0.15) is 0 Å². The fraction of sp³-hybridized carbons (Fsp3) is 0.462. The summed E-state index contributed by atoms with van der Waals surface area (Å²) in [5.41, 5.74) is 0.724. The highest BCUT2D eigenvalue weighted by Gasteiger charge is 2.21. The standard InChI is InChI=1S/C13H18N2O6S/c1-19-5-6-20-7-8-22(17,18)15-11-4-2-3-10-13(11)21-9-12(16)14-10/h2-4,15H,5-9H2,1H3,(H,14,16). The molecule has 0 spiro atoms. The van der Waals surface area contributed by atoms with Gasteiger partial charge in [0.2, 0.25) is 10.0 Å². The van der Waals surface area contributed by atoms with E-state index in [1.807, 2.05) is 0 Å². The second-order valence-corrected chi connectivity index (χ2v) is 6.39. The van der Waals surface area contributed by atoms with Crippen LogP contribution in [0, 0.1) is 0 Å². The lowest BCUT2D eigenvalue weighted by atomic mass is 10.2. The van der Waals surface area contributed by atoms with Gasteiger partial charge in [-0.2, -0.15) is 0 Å². The number of methoxy groups -OCH3 is 1. The maximum Gasteiger partial charge on any atom is 0.262 e. The highest BCUT2D eigenvalue weighted by atomic mass is 32.2. The van der Waals surface area contributed by atoms with Crippen LogP contribution < -0.4 is 14.8 Å². The predicted octanol–water partition coefficient (Wildman–Crippen LogP) is 0.422. The van der Waals surface area contributed by atoms with Crippen LogP contribution in [-0.4, -0.2) is 53.6 Å². The number of para-hydroxylation sites is 1. The monoisotopic (exact) mass is 330 g/mol. The van der Waals surface area contributed by atoms with Crippen molar-refractivity contribution >= 4 is 27.3 Å². The van der Waals surface area contributed by atoms with Gasteiger partial charge in [-0.15, -0.1) is 0 Å². The maximum atomic E-state index is 12.0. The Morgan fingerprint density at radius 3 is 2.91 bits per heavy atom. The molecule has 22 heavy (non-hydrogen) atoms. The van der Waals surface area contributed by atoms with Gasteiger partial charge >= 0.3 is 0 Å². The number of ether oxygens (including phenoxy) is 3. The number of benzene rings is 1. The van der Waals surface area contributed by atoms with Gasteiger partial charge in [0, 0.05) is 7.11 Å². The zero-order chi connectivity index (χ0) is 16.0. The van der Waals surface area contributed by atoms with Gasteiger partial charge < -0.3 is 19.5 Å². The summed E-state index contributed by atoms with van der Waals surface area (Å²) in [5, 5.41) is 2.62. The Labute approximate surface area is 128 Å². The summed E-state index contributed by atoms with van der Waals surface area (Å²) < 4.78 is 41.7. The van der Waals surface area contributed by atoms with Crippen molar-refractivity contribution in [3.8, 4) is 5.75 Å². The summed E-state index contributed by atoms with van der Waals surface area (Å²) in [6, 6.07) is 4.83. The Hall–Kier alpha value is -1.84. The molecule has 0 bridgehead atoms. The molecule has 2 N–H and O–H groups in total. The van der Waals surface area contributed by atoms with E-state index in [4.69, 9.17) is 14.2 Å². The Morgan fingerprint density at radius 2 is 2.14 bits per heavy atom. The van der Waals surface area contributed by atoms with E-state index in [-0.39, 0.29) is 30.6 Å². The molecule has 8 nitrogen and oxygen atoms in total. The molecule has 0 saturated heterocycles. The number of carbonyl (C=O) groups excluding carboxylic acids is 1. The largest absolute Gasteiger partial charge is 0.479 e. The fourth-order valence-corrected chi connectivity index (χ4v) is 2.76. The van der Waals surface area contributed by atoms with Crippen molar-refractivity contribution in [1.82, 2.24) is 0 Å². The lowest BCUT2D eigenvalue weighted by Crippen LogP contribution is -2.27. The van der Waals surface area contributed by atoms with E-state index in [1.165, 1.54) is 0 Å². The molecule has 2 rings (SSSR count). The number of amides is 1. The van der Waals surface area contributed by atoms with Crippen LogP contribution in [-0.2, 0) is 24.3 Å². The van der Waals surface area contributed by atoms with Crippen LogP contribution in [0.3, 0.4) is 0 Å². The van der Waals surface area contributed by atoms with Gasteiger partial charge in [0.05, 0.1) is 36.9 Å². The van der Waals surface area contributed by atoms with E-state index in [0.29, 0.717) is 24.7 Å². The van der Waals surface area contributed by atoms with Crippen LogP contribution >= 0.6 is 0 Å². The normalized spacial score (nSPS) is 14.0. The highest BCUT2D eigenvalue weighted by Crippen LogP contribution is 2.35. The third-order valence-corrected chi connectivity index (χ3v) is 4.07. The molecule has 1 aliphatic rings. The van der Waals surface area contributed by atoms with Crippen LogP contribution in [0.15, 0.2) is 18.2 Å². The van der Waals surface area contributed by atoms with Crippen molar-refractivity contribution in [3.63, 3.8) is 0 Å². The minimum Gasteiger partial charge on any atom is -0.479 e. The molecule has 1 aromatic rings. The number of anilines is 2. The molecule has 1 amide bonds. The van der Waals surface area contributed by atoms with Gasteiger partial charge in [-0.25, -0.2) is 8.42 Å². The first-order chi connectivity index (χ1) is 10.5. The van der Waals surface area contributed by atoms with Crippen molar-refractivity contribution in [2.24, 2.45) is 0 Å². The number of rotatable bonds is 8. The van der Waals surface area contributed by atoms with Crippen LogP contribution in [0.2, 0.25) is 0 Å². The van der Waals surface area contributed by atoms with E-state index < -0.39 is 10.0 Å². The summed E-state index contributed by atoms with van der Waals surface area (Å²) >= 11 is 0. The van der Waals surface area contributed by atoms with Crippen molar-refractivity contribution < 1.29 is 27.4 Å². The molecular formula is C13H18N2O6S. The van der Waals surface area contributed by atoms with E-state index in [1.54, 1.807) is 25.3 Å². The van der Waals surface area contributed by atoms with Gasteiger partial charge in [-0.05, 0) is 12.1 Å². The average molecular weight is 330 g/mol. The number of nitrogens with one attached hydrogen (secondary N) is 2. The molecule has 0 atom stereocenters. The van der Waals surface area contributed by atoms with Crippen LogP contribution in [0.5, 0.6) is 5.75 Å². The molecule has 0 unspecified atom stereocenters. The molecule has 9 heteroatoms. The predicted molar refractivity (Wildman–Crippen MR) is 80.7 cm³/mol. The molecular weight excluding hydrogens is 312 g/mol. The summed E-state index contributed by atoms with van der Waals surface area (Å²) in [5.74, 6) is -0.155. The number of hydrogen-bond donors (Lipinski definition) is 2. The number of hydrogen-bond acceptors (Lipinski definition) is 6. The van der Waals surface area contributed by atoms with Gasteiger partial charge in [0.25, 0.3) is 5.91 Å². The number of fused-ring (bicyclic) bond motifs is 1. The number of carbonyl (C=O) groups is 1. The lowest BCUT2D eigenvalue weighted by Gasteiger charge is -2.21. The first-order valence-corrected chi connectivity index (χ1v) is 8.30. The molecule has 0 saturated carbocycles. The summed E-state index contributed by atoms with van der Waals surface area (Å²) in [6.07, 6.45) is 0. The molecule has 0 aliphatic carbocycles. The Balaban J connectivity index is 1.98. The molecule has 1 heterocycles. The minimum atomic E-state index is -3.58.